The molecule has 112 valence electrons. The molecule has 1 aliphatic carbocycles. The summed E-state index contributed by atoms with van der Waals surface area (Å²) in [7, 11) is 0. The van der Waals surface area contributed by atoms with Gasteiger partial charge in [-0.2, -0.15) is 0 Å². The van der Waals surface area contributed by atoms with E-state index < -0.39 is 23.3 Å². The Morgan fingerprint density at radius 1 is 1.00 bits per heavy atom. The lowest BCUT2D eigenvalue weighted by Gasteiger charge is -2.25. The van der Waals surface area contributed by atoms with E-state index in [-0.39, 0.29) is 19.0 Å². The van der Waals surface area contributed by atoms with E-state index in [0.717, 1.165) is 12.8 Å². The molecule has 0 bridgehead atoms. The van der Waals surface area contributed by atoms with Gasteiger partial charge in [0.2, 0.25) is 17.7 Å². The van der Waals surface area contributed by atoms with Crippen LogP contribution >= 0.6 is 0 Å². The fourth-order valence-corrected chi connectivity index (χ4v) is 2.13. The van der Waals surface area contributed by atoms with E-state index in [0.29, 0.717) is 12.8 Å². The first-order valence-electron chi connectivity index (χ1n) is 6.41. The largest absolute Gasteiger partial charge is 0.480 e. The highest BCUT2D eigenvalue weighted by atomic mass is 16.4. The molecule has 0 aromatic rings. The van der Waals surface area contributed by atoms with E-state index >= 15 is 0 Å². The monoisotopic (exact) mass is 285 g/mol. The van der Waals surface area contributed by atoms with Gasteiger partial charge in [0.1, 0.15) is 5.54 Å². The van der Waals surface area contributed by atoms with Gasteiger partial charge in [-0.3, -0.25) is 14.4 Å². The molecule has 0 aliphatic heterocycles. The number of hydrogen-bond acceptors (Lipinski definition) is 4. The second kappa shape index (κ2) is 6.88. The summed E-state index contributed by atoms with van der Waals surface area (Å²) in [6.45, 7) is 0.747. The Morgan fingerprint density at radius 2 is 1.55 bits per heavy atom. The lowest BCUT2D eigenvalue weighted by Crippen LogP contribution is -2.55. The molecule has 0 atom stereocenters. The molecule has 8 nitrogen and oxygen atoms in total. The van der Waals surface area contributed by atoms with E-state index in [2.05, 4.69) is 16.0 Å². The highest BCUT2D eigenvalue weighted by Gasteiger charge is 2.42. The van der Waals surface area contributed by atoms with E-state index in [1.807, 2.05) is 0 Å². The van der Waals surface area contributed by atoms with Gasteiger partial charge in [0.15, 0.2) is 0 Å². The molecule has 0 spiro atoms. The molecule has 0 aromatic carbocycles. The van der Waals surface area contributed by atoms with Crippen LogP contribution in [0.25, 0.3) is 0 Å². The van der Waals surface area contributed by atoms with Crippen LogP contribution in [0.2, 0.25) is 0 Å². The van der Waals surface area contributed by atoms with E-state index in [9.17, 15) is 24.3 Å². The number of aliphatic carboxylic acids is 1. The van der Waals surface area contributed by atoms with Gasteiger partial charge in [0, 0.05) is 6.92 Å². The van der Waals surface area contributed by atoms with Crippen LogP contribution in [0.3, 0.4) is 0 Å². The Balaban J connectivity index is 2.37. The van der Waals surface area contributed by atoms with Crippen molar-refractivity contribution in [1.82, 2.24) is 16.0 Å². The quantitative estimate of drug-likeness (QED) is 0.485. The predicted molar refractivity (Wildman–Crippen MR) is 68.7 cm³/mol. The van der Waals surface area contributed by atoms with Crippen molar-refractivity contribution in [2.75, 3.05) is 13.1 Å². The predicted octanol–water partition coefficient (Wildman–Crippen LogP) is -1.25. The summed E-state index contributed by atoms with van der Waals surface area (Å²) in [5, 5.41) is 16.3. The first-order valence-corrected chi connectivity index (χ1v) is 6.41. The summed E-state index contributed by atoms with van der Waals surface area (Å²) in [4.78, 5) is 44.8. The van der Waals surface area contributed by atoms with Crippen molar-refractivity contribution in [3.8, 4) is 0 Å². The maximum atomic E-state index is 11.7. The second-order valence-electron chi connectivity index (χ2n) is 4.83. The van der Waals surface area contributed by atoms with Crippen molar-refractivity contribution in [1.29, 1.82) is 0 Å². The smallest absolute Gasteiger partial charge is 0.329 e. The highest BCUT2D eigenvalue weighted by Crippen LogP contribution is 2.29. The third kappa shape index (κ3) is 4.52. The molecule has 1 aliphatic rings. The Hall–Kier alpha value is -2.12. The molecule has 0 heterocycles. The van der Waals surface area contributed by atoms with Crippen LogP contribution < -0.4 is 16.0 Å². The molecule has 0 radical (unpaired) electrons. The van der Waals surface area contributed by atoms with Gasteiger partial charge in [-0.05, 0) is 12.8 Å². The molecular weight excluding hydrogens is 266 g/mol. The summed E-state index contributed by atoms with van der Waals surface area (Å²) in [5.41, 5.74) is -1.21. The highest BCUT2D eigenvalue weighted by molar-refractivity contribution is 5.91. The third-order valence-electron chi connectivity index (χ3n) is 3.19. The average Bonchev–Trinajstić information content (AvgIpc) is 2.83. The molecule has 3 amide bonds. The molecule has 0 aromatic heterocycles. The number of hydrogen-bond donors (Lipinski definition) is 4. The lowest BCUT2D eigenvalue weighted by atomic mass is 9.98. The summed E-state index contributed by atoms with van der Waals surface area (Å²) in [5.74, 6) is -2.45. The van der Waals surface area contributed by atoms with Crippen LogP contribution in [0.15, 0.2) is 0 Å². The van der Waals surface area contributed by atoms with Crippen LogP contribution in [0.1, 0.15) is 32.6 Å². The Kier molecular flexibility index (Phi) is 5.48. The maximum Gasteiger partial charge on any atom is 0.329 e. The standard InChI is InChI=1S/C12H19N3O5/c1-8(16)13-6-9(17)14-7-10(18)15-12(11(19)20)4-2-3-5-12/h2-7H2,1H3,(H,13,16)(H,14,17)(H,15,18)(H,19,20). The van der Waals surface area contributed by atoms with Gasteiger partial charge < -0.3 is 21.1 Å². The third-order valence-corrected chi connectivity index (χ3v) is 3.19. The fraction of sp³-hybridized carbons (Fsp3) is 0.667. The average molecular weight is 285 g/mol. The van der Waals surface area contributed by atoms with E-state index in [4.69, 9.17) is 0 Å². The molecule has 4 N–H and O–H groups in total. The number of carbonyl (C=O) groups excluding carboxylic acids is 3. The number of amides is 3. The summed E-state index contributed by atoms with van der Waals surface area (Å²) < 4.78 is 0. The maximum absolute atomic E-state index is 11.7. The summed E-state index contributed by atoms with van der Waals surface area (Å²) in [6.07, 6.45) is 2.30. The molecule has 20 heavy (non-hydrogen) atoms. The van der Waals surface area contributed by atoms with Gasteiger partial charge in [-0.15, -0.1) is 0 Å². The van der Waals surface area contributed by atoms with Crippen LogP contribution in [0.4, 0.5) is 0 Å². The van der Waals surface area contributed by atoms with Gasteiger partial charge in [-0.1, -0.05) is 12.8 Å². The zero-order valence-electron chi connectivity index (χ0n) is 11.3. The van der Waals surface area contributed by atoms with Crippen LogP contribution in [0, 0.1) is 0 Å². The van der Waals surface area contributed by atoms with Crippen LogP contribution in [-0.2, 0) is 19.2 Å². The summed E-state index contributed by atoms with van der Waals surface area (Å²) in [6, 6.07) is 0. The van der Waals surface area contributed by atoms with Crippen molar-refractivity contribution >= 4 is 23.7 Å². The van der Waals surface area contributed by atoms with Gasteiger partial charge in [0.25, 0.3) is 0 Å². The van der Waals surface area contributed by atoms with Gasteiger partial charge in [0.05, 0.1) is 13.1 Å². The SMILES string of the molecule is CC(=O)NCC(=O)NCC(=O)NC1(C(=O)O)CCCC1. The van der Waals surface area contributed by atoms with Crippen molar-refractivity contribution in [2.24, 2.45) is 0 Å². The zero-order valence-corrected chi connectivity index (χ0v) is 11.3. The van der Waals surface area contributed by atoms with Crippen LogP contribution in [0.5, 0.6) is 0 Å². The zero-order chi connectivity index (χ0) is 15.2. The molecule has 8 heteroatoms. The van der Waals surface area contributed by atoms with E-state index in [1.165, 1.54) is 6.92 Å². The Labute approximate surface area is 116 Å². The van der Waals surface area contributed by atoms with Crippen LogP contribution in [-0.4, -0.2) is 47.4 Å². The molecular formula is C12H19N3O5. The van der Waals surface area contributed by atoms with E-state index in [1.54, 1.807) is 0 Å². The number of rotatable bonds is 6. The van der Waals surface area contributed by atoms with Crippen molar-refractivity contribution in [3.63, 3.8) is 0 Å². The van der Waals surface area contributed by atoms with Crippen molar-refractivity contribution in [3.05, 3.63) is 0 Å². The molecule has 1 fully saturated rings. The van der Waals surface area contributed by atoms with Crippen molar-refractivity contribution < 1.29 is 24.3 Å². The molecule has 0 unspecified atom stereocenters. The minimum absolute atomic E-state index is 0.216. The normalized spacial score (nSPS) is 16.2. The first kappa shape index (κ1) is 15.9. The lowest BCUT2D eigenvalue weighted by molar-refractivity contribution is -0.147. The van der Waals surface area contributed by atoms with Crippen molar-refractivity contribution in [2.45, 2.75) is 38.1 Å². The Morgan fingerprint density at radius 3 is 2.05 bits per heavy atom. The number of nitrogens with one attached hydrogen (secondary N) is 3. The Bertz CT molecular complexity index is 415. The second-order valence-corrected chi connectivity index (χ2v) is 4.83. The number of carboxylic acid groups (broad SMARTS) is 1. The number of carboxylic acids is 1. The topological polar surface area (TPSA) is 125 Å². The van der Waals surface area contributed by atoms with Gasteiger partial charge in [-0.25, -0.2) is 4.79 Å². The minimum atomic E-state index is -1.21. The number of carbonyl (C=O) groups is 4. The minimum Gasteiger partial charge on any atom is -0.480 e. The summed E-state index contributed by atoms with van der Waals surface area (Å²) >= 11 is 0. The van der Waals surface area contributed by atoms with Gasteiger partial charge >= 0.3 is 5.97 Å². The molecule has 0 saturated heterocycles. The molecule has 1 rings (SSSR count). The molecule has 1 saturated carbocycles. The first-order chi connectivity index (χ1) is 9.35. The fourth-order valence-electron chi connectivity index (χ4n) is 2.13.